The average molecular weight is 1410 g/mol. The summed E-state index contributed by atoms with van der Waals surface area (Å²) in [6.45, 7) is 42.9. The molecule has 9 aromatic carbocycles. The zero-order chi connectivity index (χ0) is 73.1. The summed E-state index contributed by atoms with van der Waals surface area (Å²) >= 11 is 5.62. The van der Waals surface area contributed by atoms with Crippen LogP contribution in [0, 0.1) is 5.41 Å². The summed E-state index contributed by atoms with van der Waals surface area (Å²) < 4.78 is 0. The number of rotatable bonds is 29. The van der Waals surface area contributed by atoms with Gasteiger partial charge in [-0.05, 0) is 214 Å². The van der Waals surface area contributed by atoms with Crippen molar-refractivity contribution in [2.24, 2.45) is 5.41 Å². The number of hydrogen-bond donors (Lipinski definition) is 8. The Morgan fingerprint density at radius 3 is 1.03 bits per heavy atom. The van der Waals surface area contributed by atoms with Crippen LogP contribution in [0.4, 0.5) is 51.2 Å². The third-order valence-corrected chi connectivity index (χ3v) is 22.3. The van der Waals surface area contributed by atoms with Crippen molar-refractivity contribution in [3.05, 3.63) is 233 Å². The van der Waals surface area contributed by atoms with Gasteiger partial charge in [0.1, 0.15) is 17.2 Å². The molecule has 9 aromatic rings. The summed E-state index contributed by atoms with van der Waals surface area (Å²) in [7, 11) is 0. The van der Waals surface area contributed by atoms with Crippen molar-refractivity contribution in [1.82, 2.24) is 0 Å². The zero-order valence-corrected chi connectivity index (χ0v) is 66.0. The lowest BCUT2D eigenvalue weighted by molar-refractivity contribution is 0.412. The summed E-state index contributed by atoms with van der Waals surface area (Å²) in [6.07, 6.45) is 2.72. The summed E-state index contributed by atoms with van der Waals surface area (Å²) in [5.74, 6) is 3.94. The Bertz CT molecular complexity index is 4090. The Morgan fingerprint density at radius 2 is 0.644 bits per heavy atom. The molecule has 0 amide bonds. The topological polar surface area (TPSA) is 124 Å². The van der Waals surface area contributed by atoms with E-state index in [0.29, 0.717) is 17.2 Å². The Balaban J connectivity index is 0.853. The Hall–Kier alpha value is -7.77. The number of benzene rings is 9. The van der Waals surface area contributed by atoms with Gasteiger partial charge in [-0.2, -0.15) is 0 Å². The van der Waals surface area contributed by atoms with Crippen LogP contribution < -0.4 is 31.5 Å². The highest BCUT2D eigenvalue weighted by atomic mass is 32.2. The van der Waals surface area contributed by atoms with Crippen LogP contribution in [-0.4, -0.2) is 58.8 Å². The van der Waals surface area contributed by atoms with Crippen molar-refractivity contribution < 1.29 is 15.3 Å². The molecule has 1 unspecified atom stereocenters. The van der Waals surface area contributed by atoms with Crippen LogP contribution in [0.25, 0.3) is 0 Å². The number of hydrogen-bond acceptors (Lipinski definition) is 12. The van der Waals surface area contributed by atoms with Gasteiger partial charge in [-0.3, -0.25) is 0 Å². The summed E-state index contributed by atoms with van der Waals surface area (Å²) in [5.41, 5.74) is 15.0. The molecule has 9 rings (SSSR count). The van der Waals surface area contributed by atoms with Crippen molar-refractivity contribution >= 4 is 86.5 Å². The molecule has 0 bridgehead atoms. The maximum absolute atomic E-state index is 12.3. The van der Waals surface area contributed by atoms with Crippen LogP contribution in [0.2, 0.25) is 0 Å². The third-order valence-electron chi connectivity index (χ3n) is 18.7. The molecule has 0 aliphatic carbocycles. The maximum Gasteiger partial charge on any atom is 0.123 e. The molecule has 9 nitrogen and oxygen atoms in total. The predicted octanol–water partition coefficient (Wildman–Crippen LogP) is 24.5. The molecule has 0 saturated carbocycles. The highest BCUT2D eigenvalue weighted by molar-refractivity contribution is 7.99. The number of thioether (sulfide) groups is 3. The Labute approximate surface area is 619 Å². The van der Waals surface area contributed by atoms with Gasteiger partial charge in [0.25, 0.3) is 0 Å². The number of phenolic OH excluding ortho intramolecular Hbond substituents is 3. The lowest BCUT2D eigenvalue weighted by Crippen LogP contribution is -2.36. The normalized spacial score (nSPS) is 13.0. The van der Waals surface area contributed by atoms with Gasteiger partial charge >= 0.3 is 0 Å². The van der Waals surface area contributed by atoms with Crippen LogP contribution >= 0.6 is 35.3 Å². The van der Waals surface area contributed by atoms with Gasteiger partial charge < -0.3 is 46.8 Å². The number of para-hydroxylation sites is 2. The number of anilines is 9. The van der Waals surface area contributed by atoms with E-state index in [9.17, 15) is 15.3 Å². The summed E-state index contributed by atoms with van der Waals surface area (Å²) in [6, 6.07) is 68.5. The molecule has 0 aromatic heterocycles. The van der Waals surface area contributed by atoms with E-state index in [0.717, 1.165) is 146 Å². The maximum atomic E-state index is 12.3. The number of aromatic hydroxyl groups is 3. The molecule has 0 heterocycles. The molecule has 0 radical (unpaired) electrons. The van der Waals surface area contributed by atoms with E-state index in [1.807, 2.05) is 59.6 Å². The number of nitrogens with zero attached hydrogens (tertiary/aromatic N) is 1. The molecule has 0 saturated heterocycles. The van der Waals surface area contributed by atoms with Crippen LogP contribution in [0.15, 0.2) is 209 Å². The van der Waals surface area contributed by atoms with E-state index in [1.54, 1.807) is 0 Å². The molecule has 1 atom stereocenters. The van der Waals surface area contributed by atoms with Gasteiger partial charge in [0, 0.05) is 137 Å². The SMILES string of the molecule is CC(CNc1ccc(Nc2ccccc2)cc1)(CNc1ccc(Nc2cccc(CC(C)(C)c3cc(SCCCN(CCCSc4cc(C(C)(C)C)c(O)c(C(C)(C)C)c4)c4ccc(Nc5ccccc5)cc4)cc(C(C)(C)C)c3O)c2)cc1)CSc1cc(C(C)(C)C)c(O)c(C(C)(C)C)c1. The van der Waals surface area contributed by atoms with Crippen LogP contribution in [0.1, 0.15) is 176 Å². The lowest BCUT2D eigenvalue weighted by atomic mass is 9.75. The number of nitrogens with one attached hydrogen (secondary N) is 5. The fourth-order valence-electron chi connectivity index (χ4n) is 12.8. The van der Waals surface area contributed by atoms with E-state index in [4.69, 9.17) is 0 Å². The average Bonchev–Trinajstić information content (AvgIpc) is 0.782. The monoisotopic (exact) mass is 1410 g/mol. The minimum atomic E-state index is -0.395. The molecule has 0 fully saturated rings. The first-order valence-electron chi connectivity index (χ1n) is 36.1. The first kappa shape index (κ1) is 77.4. The van der Waals surface area contributed by atoms with Crippen molar-refractivity contribution in [3.8, 4) is 17.2 Å². The molecule has 101 heavy (non-hydrogen) atoms. The minimum absolute atomic E-state index is 0.178. The van der Waals surface area contributed by atoms with Crippen molar-refractivity contribution in [2.75, 3.05) is 74.9 Å². The summed E-state index contributed by atoms with van der Waals surface area (Å²) in [4.78, 5) is 6.10. The highest BCUT2D eigenvalue weighted by Crippen LogP contribution is 2.47. The molecule has 8 N–H and O–H groups in total. The quantitative estimate of drug-likeness (QED) is 0.0168. The second kappa shape index (κ2) is 32.7. The molecule has 536 valence electrons. The first-order valence-corrected chi connectivity index (χ1v) is 39.0. The standard InChI is InChI=1S/C89H114N6O3S3/c1-83(2,3)74-51-71(52-75(80(74)96)84(4,5)6)99-48-26-46-95(70-44-42-68(43-45-70)93-65-31-23-20-24-32-65)47-27-49-100-72-53-78(87(13,14)15)82(98)79(56-72)88(16,17)57-61-28-25-33-69(50-61)94-67-40-36-63(37-41-67)91-59-89(18,58-90-62-34-38-66(39-35-62)92-64-29-21-19-22-30-64)60-101-73-54-76(85(7,8)9)81(97)77(55-73)86(10,11)12/h19-25,28-45,50-56,90-94,96-98H,26-27,46-49,57-60H2,1-18H3. The van der Waals surface area contributed by atoms with Gasteiger partial charge in [-0.25, -0.2) is 0 Å². The summed E-state index contributed by atoms with van der Waals surface area (Å²) in [5, 5.41) is 53.7. The van der Waals surface area contributed by atoms with E-state index >= 15 is 0 Å². The molecule has 12 heteroatoms. The second-order valence-corrected chi connectivity index (χ2v) is 37.0. The smallest absolute Gasteiger partial charge is 0.123 e. The van der Waals surface area contributed by atoms with E-state index in [1.165, 1.54) is 21.0 Å². The fraction of sp³-hybridized carbons (Fsp3) is 0.393. The molecular formula is C89H114N6O3S3. The Morgan fingerprint density at radius 1 is 0.327 bits per heavy atom. The predicted molar refractivity (Wildman–Crippen MR) is 442 cm³/mol. The molecule has 0 spiro atoms. The lowest BCUT2D eigenvalue weighted by Gasteiger charge is -2.32. The van der Waals surface area contributed by atoms with E-state index in [2.05, 4.69) is 326 Å². The largest absolute Gasteiger partial charge is 0.507 e. The van der Waals surface area contributed by atoms with Gasteiger partial charge in [-0.15, -0.1) is 35.3 Å². The van der Waals surface area contributed by atoms with Crippen molar-refractivity contribution in [1.29, 1.82) is 0 Å². The molecule has 0 aliphatic heterocycles. The molecule has 0 aliphatic rings. The van der Waals surface area contributed by atoms with Gasteiger partial charge in [0.05, 0.1) is 0 Å². The van der Waals surface area contributed by atoms with Crippen LogP contribution in [0.5, 0.6) is 17.2 Å². The van der Waals surface area contributed by atoms with E-state index in [-0.39, 0.29) is 32.5 Å². The fourth-order valence-corrected chi connectivity index (χ4v) is 15.7. The van der Waals surface area contributed by atoms with Gasteiger partial charge in [0.15, 0.2) is 0 Å². The molecular weight excluding hydrogens is 1300 g/mol. The van der Waals surface area contributed by atoms with Gasteiger partial charge in [0.2, 0.25) is 0 Å². The zero-order valence-electron chi connectivity index (χ0n) is 63.6. The van der Waals surface area contributed by atoms with Crippen LogP contribution in [-0.2, 0) is 38.9 Å². The van der Waals surface area contributed by atoms with Gasteiger partial charge in [-0.1, -0.05) is 173 Å². The first-order chi connectivity index (χ1) is 47.5. The van der Waals surface area contributed by atoms with Crippen molar-refractivity contribution in [3.63, 3.8) is 0 Å². The van der Waals surface area contributed by atoms with Crippen molar-refractivity contribution in [2.45, 2.75) is 191 Å². The third kappa shape index (κ3) is 21.9. The van der Waals surface area contributed by atoms with E-state index < -0.39 is 5.41 Å². The Kier molecular flexibility index (Phi) is 25.1. The number of phenols is 3. The van der Waals surface area contributed by atoms with Crippen LogP contribution in [0.3, 0.4) is 0 Å². The second-order valence-electron chi connectivity index (χ2n) is 33.6. The highest BCUT2D eigenvalue weighted by Gasteiger charge is 2.33. The minimum Gasteiger partial charge on any atom is -0.507 e.